The smallest absolute Gasteiger partial charge is 0.248 e. The second-order valence-electron chi connectivity index (χ2n) is 8.75. The van der Waals surface area contributed by atoms with Gasteiger partial charge in [0.15, 0.2) is 0 Å². The van der Waals surface area contributed by atoms with Crippen LogP contribution in [0, 0.1) is 25.7 Å². The van der Waals surface area contributed by atoms with Crippen LogP contribution in [0.4, 0.5) is 5.82 Å². The second kappa shape index (κ2) is 8.74. The molecule has 0 aromatic carbocycles. The van der Waals surface area contributed by atoms with Crippen LogP contribution in [0.3, 0.4) is 0 Å². The molecule has 1 N–H and O–H groups in total. The molecule has 1 atom stereocenters. The summed E-state index contributed by atoms with van der Waals surface area (Å²) >= 11 is 0. The molecule has 1 aromatic rings. The number of anilines is 1. The lowest BCUT2D eigenvalue weighted by atomic mass is 9.95. The van der Waals surface area contributed by atoms with E-state index in [4.69, 9.17) is 4.74 Å². The maximum absolute atomic E-state index is 12.4. The summed E-state index contributed by atoms with van der Waals surface area (Å²) in [4.78, 5) is 25.8. The Bertz CT molecular complexity index is 685. The first-order valence-electron chi connectivity index (χ1n) is 10.7. The van der Waals surface area contributed by atoms with Crippen LogP contribution >= 0.6 is 0 Å². The highest BCUT2D eigenvalue weighted by Crippen LogP contribution is 2.31. The van der Waals surface area contributed by atoms with Crippen molar-refractivity contribution >= 4 is 11.7 Å². The van der Waals surface area contributed by atoms with Gasteiger partial charge in [0.25, 0.3) is 0 Å². The minimum absolute atomic E-state index is 0.00521. The van der Waals surface area contributed by atoms with Crippen molar-refractivity contribution < 1.29 is 9.53 Å². The largest absolute Gasteiger partial charge is 0.366 e. The van der Waals surface area contributed by atoms with Crippen LogP contribution in [0.1, 0.15) is 37.1 Å². The van der Waals surface area contributed by atoms with Crippen LogP contribution in [0.2, 0.25) is 0 Å². The van der Waals surface area contributed by atoms with Gasteiger partial charge in [0.05, 0.1) is 17.5 Å². The van der Waals surface area contributed by atoms with E-state index in [-0.39, 0.29) is 18.6 Å². The Morgan fingerprint density at radius 2 is 1.89 bits per heavy atom. The molecule has 28 heavy (non-hydrogen) atoms. The van der Waals surface area contributed by atoms with E-state index in [0.29, 0.717) is 19.0 Å². The van der Waals surface area contributed by atoms with Crippen molar-refractivity contribution in [2.75, 3.05) is 51.2 Å². The van der Waals surface area contributed by atoms with Gasteiger partial charge >= 0.3 is 0 Å². The molecule has 1 saturated carbocycles. The van der Waals surface area contributed by atoms with E-state index in [2.05, 4.69) is 20.2 Å². The van der Waals surface area contributed by atoms with Gasteiger partial charge < -0.3 is 19.9 Å². The molecule has 1 aromatic heterocycles. The van der Waals surface area contributed by atoms with Gasteiger partial charge in [-0.25, -0.2) is 4.98 Å². The first-order valence-corrected chi connectivity index (χ1v) is 10.7. The van der Waals surface area contributed by atoms with E-state index in [1.54, 1.807) is 6.20 Å². The highest BCUT2D eigenvalue weighted by molar-refractivity contribution is 5.78. The maximum atomic E-state index is 12.4. The summed E-state index contributed by atoms with van der Waals surface area (Å²) in [5.41, 5.74) is 1.77. The lowest BCUT2D eigenvalue weighted by Gasteiger charge is -2.38. The third-order valence-electron chi connectivity index (χ3n) is 6.19. The summed E-state index contributed by atoms with van der Waals surface area (Å²) in [6.45, 7) is 9.91. The van der Waals surface area contributed by atoms with E-state index in [9.17, 15) is 4.79 Å². The molecular formula is C21H33N5O2. The molecular weight excluding hydrogens is 354 g/mol. The van der Waals surface area contributed by atoms with Gasteiger partial charge in [-0.15, -0.1) is 0 Å². The quantitative estimate of drug-likeness (QED) is 0.770. The summed E-state index contributed by atoms with van der Waals surface area (Å²) in [5, 5.41) is 3.35. The number of carbonyl (C=O) groups excluding carboxylic acids is 1. The molecule has 1 amide bonds. The average molecular weight is 388 g/mol. The van der Waals surface area contributed by atoms with E-state index < -0.39 is 0 Å². The van der Waals surface area contributed by atoms with E-state index >= 15 is 0 Å². The summed E-state index contributed by atoms with van der Waals surface area (Å²) in [5.74, 6) is 2.52. The Balaban J connectivity index is 1.24. The second-order valence-corrected chi connectivity index (χ2v) is 8.75. The number of aryl methyl sites for hydroxylation is 2. The normalized spacial score (nSPS) is 24.6. The monoisotopic (exact) mass is 387 g/mol. The first-order chi connectivity index (χ1) is 13.6. The third-order valence-corrected chi connectivity index (χ3v) is 6.19. The number of carbonyl (C=O) groups is 1. The molecule has 0 bridgehead atoms. The Kier molecular flexibility index (Phi) is 6.11. The summed E-state index contributed by atoms with van der Waals surface area (Å²) in [6, 6.07) is 0. The predicted molar refractivity (Wildman–Crippen MR) is 108 cm³/mol. The highest BCUT2D eigenvalue weighted by atomic mass is 16.5. The fraction of sp³-hybridized carbons (Fsp3) is 0.762. The fourth-order valence-corrected chi connectivity index (χ4v) is 4.22. The molecule has 3 fully saturated rings. The minimum Gasteiger partial charge on any atom is -0.366 e. The average Bonchev–Trinajstić information content (AvgIpc) is 3.50. The Morgan fingerprint density at radius 1 is 1.14 bits per heavy atom. The fourth-order valence-electron chi connectivity index (χ4n) is 4.22. The first kappa shape index (κ1) is 19.6. The SMILES string of the molecule is Cc1cnc(C)c(NCC2CN(CC3CCN(CC4CC4)CC3)C(=O)CO2)n1. The van der Waals surface area contributed by atoms with Gasteiger partial charge in [0.1, 0.15) is 12.4 Å². The number of hydrogen-bond acceptors (Lipinski definition) is 6. The minimum atomic E-state index is -0.00521. The number of hydrogen-bond donors (Lipinski definition) is 1. The third kappa shape index (κ3) is 5.20. The van der Waals surface area contributed by atoms with Crippen molar-refractivity contribution in [2.45, 2.75) is 45.6 Å². The van der Waals surface area contributed by atoms with Crippen molar-refractivity contribution in [1.29, 1.82) is 0 Å². The molecule has 0 spiro atoms. The Hall–Kier alpha value is -1.73. The van der Waals surface area contributed by atoms with Crippen molar-refractivity contribution in [3.8, 4) is 0 Å². The molecule has 0 radical (unpaired) electrons. The summed E-state index contributed by atoms with van der Waals surface area (Å²) < 4.78 is 5.76. The van der Waals surface area contributed by atoms with Crippen LogP contribution in [0.5, 0.6) is 0 Å². The maximum Gasteiger partial charge on any atom is 0.248 e. The summed E-state index contributed by atoms with van der Waals surface area (Å²) in [7, 11) is 0. The predicted octanol–water partition coefficient (Wildman–Crippen LogP) is 1.85. The molecule has 1 unspecified atom stereocenters. The zero-order chi connectivity index (χ0) is 19.5. The number of amides is 1. The number of piperidine rings is 1. The van der Waals surface area contributed by atoms with Crippen LogP contribution in [0.25, 0.3) is 0 Å². The van der Waals surface area contributed by atoms with Crippen LogP contribution < -0.4 is 5.32 Å². The lowest BCUT2D eigenvalue weighted by molar-refractivity contribution is -0.149. The number of ether oxygens (including phenoxy) is 1. The van der Waals surface area contributed by atoms with Crippen LogP contribution in [-0.4, -0.2) is 77.7 Å². The summed E-state index contributed by atoms with van der Waals surface area (Å²) in [6.07, 6.45) is 7.02. The lowest BCUT2D eigenvalue weighted by Crippen LogP contribution is -2.51. The molecule has 1 aliphatic carbocycles. The van der Waals surface area contributed by atoms with Crippen molar-refractivity contribution in [3.05, 3.63) is 17.6 Å². The number of likely N-dealkylation sites (tertiary alicyclic amines) is 1. The van der Waals surface area contributed by atoms with Gasteiger partial charge in [-0.1, -0.05) is 0 Å². The van der Waals surface area contributed by atoms with Crippen LogP contribution in [0.15, 0.2) is 6.20 Å². The van der Waals surface area contributed by atoms with E-state index in [1.807, 2.05) is 18.7 Å². The molecule has 7 heteroatoms. The molecule has 2 aliphatic heterocycles. The topological polar surface area (TPSA) is 70.6 Å². The van der Waals surface area contributed by atoms with Crippen molar-refractivity contribution in [1.82, 2.24) is 19.8 Å². The molecule has 7 nitrogen and oxygen atoms in total. The molecule has 2 saturated heterocycles. The molecule has 3 aliphatic rings. The molecule has 3 heterocycles. The zero-order valence-corrected chi connectivity index (χ0v) is 17.2. The standard InChI is InChI=1S/C21H33N5O2/c1-15-9-22-16(2)21(24-15)23-10-19-13-26(20(27)14-28-19)12-18-5-7-25(8-6-18)11-17-3-4-17/h9,17-19H,3-8,10-14H2,1-2H3,(H,23,24). The Labute approximate surface area is 167 Å². The van der Waals surface area contributed by atoms with Gasteiger partial charge in [0, 0.05) is 32.4 Å². The van der Waals surface area contributed by atoms with Gasteiger partial charge in [-0.3, -0.25) is 9.78 Å². The number of nitrogens with zero attached hydrogens (tertiary/aromatic N) is 4. The number of morpholine rings is 1. The van der Waals surface area contributed by atoms with Crippen LogP contribution in [-0.2, 0) is 9.53 Å². The van der Waals surface area contributed by atoms with Crippen molar-refractivity contribution in [3.63, 3.8) is 0 Å². The number of rotatable bonds is 7. The van der Waals surface area contributed by atoms with Gasteiger partial charge in [-0.05, 0) is 64.5 Å². The molecule has 154 valence electrons. The highest BCUT2D eigenvalue weighted by Gasteiger charge is 2.31. The van der Waals surface area contributed by atoms with E-state index in [1.165, 1.54) is 45.3 Å². The zero-order valence-electron chi connectivity index (χ0n) is 17.2. The van der Waals surface area contributed by atoms with Gasteiger partial charge in [0.2, 0.25) is 5.91 Å². The Morgan fingerprint density at radius 3 is 2.64 bits per heavy atom. The number of nitrogens with one attached hydrogen (secondary N) is 1. The van der Waals surface area contributed by atoms with Crippen molar-refractivity contribution in [2.24, 2.45) is 11.8 Å². The molecule has 4 rings (SSSR count). The van der Waals surface area contributed by atoms with E-state index in [0.717, 1.165) is 29.7 Å². The van der Waals surface area contributed by atoms with Gasteiger partial charge in [-0.2, -0.15) is 0 Å². The number of aromatic nitrogens is 2.